The molecule has 0 aliphatic carbocycles. The van der Waals surface area contributed by atoms with Gasteiger partial charge in [-0.3, -0.25) is 13.9 Å². The Morgan fingerprint density at radius 1 is 1.11 bits per heavy atom. The van der Waals surface area contributed by atoms with Crippen molar-refractivity contribution in [2.45, 2.75) is 45.7 Å². The molecule has 0 heterocycles. The molecule has 8 nitrogen and oxygen atoms in total. The van der Waals surface area contributed by atoms with Gasteiger partial charge in [0, 0.05) is 37.1 Å². The lowest BCUT2D eigenvalue weighted by Crippen LogP contribution is -2.49. The Bertz CT molecular complexity index is 1090. The third kappa shape index (κ3) is 8.43. The minimum Gasteiger partial charge on any atom is -0.497 e. The number of hydrogen-bond acceptors (Lipinski definition) is 5. The Balaban J connectivity index is 2.20. The van der Waals surface area contributed by atoms with E-state index >= 15 is 0 Å². The van der Waals surface area contributed by atoms with Crippen LogP contribution in [0.5, 0.6) is 5.75 Å². The molecule has 0 aliphatic rings. The van der Waals surface area contributed by atoms with E-state index in [0.29, 0.717) is 29.4 Å². The SMILES string of the molecule is CCNC(=O)[C@H](CC)N(Cc1ccc(Cl)cc1)C(=O)CCCN(c1cccc(OC)c1)S(C)(=O)=O. The van der Waals surface area contributed by atoms with Crippen LogP contribution in [0, 0.1) is 0 Å². The minimum absolute atomic E-state index is 0.0828. The second kappa shape index (κ2) is 13.3. The number of likely N-dealkylation sites (N-methyl/N-ethyl adjacent to an activating group) is 1. The average molecular weight is 524 g/mol. The van der Waals surface area contributed by atoms with E-state index in [1.54, 1.807) is 41.3 Å². The zero-order valence-electron chi connectivity index (χ0n) is 20.7. The molecule has 35 heavy (non-hydrogen) atoms. The van der Waals surface area contributed by atoms with Crippen molar-refractivity contribution >= 4 is 39.1 Å². The quantitative estimate of drug-likeness (QED) is 0.430. The van der Waals surface area contributed by atoms with Gasteiger partial charge in [-0.05, 0) is 49.6 Å². The molecule has 2 amide bonds. The topological polar surface area (TPSA) is 96.0 Å². The fraction of sp³-hybridized carbons (Fsp3) is 0.440. The normalized spacial score (nSPS) is 12.0. The number of anilines is 1. The van der Waals surface area contributed by atoms with Gasteiger partial charge in [0.2, 0.25) is 21.8 Å². The van der Waals surface area contributed by atoms with E-state index in [1.807, 2.05) is 26.0 Å². The Morgan fingerprint density at radius 2 is 1.80 bits per heavy atom. The molecule has 0 saturated heterocycles. The molecule has 0 spiro atoms. The smallest absolute Gasteiger partial charge is 0.242 e. The number of halogens is 1. The van der Waals surface area contributed by atoms with Gasteiger partial charge in [-0.15, -0.1) is 0 Å². The number of rotatable bonds is 13. The Morgan fingerprint density at radius 3 is 2.37 bits per heavy atom. The number of carbonyl (C=O) groups is 2. The van der Waals surface area contributed by atoms with Crippen molar-refractivity contribution < 1.29 is 22.7 Å². The van der Waals surface area contributed by atoms with Gasteiger partial charge in [0.05, 0.1) is 19.1 Å². The van der Waals surface area contributed by atoms with Crippen molar-refractivity contribution in [2.75, 3.05) is 30.8 Å². The number of nitrogens with one attached hydrogen (secondary N) is 1. The number of nitrogens with zero attached hydrogens (tertiary/aromatic N) is 2. The molecule has 2 aromatic rings. The van der Waals surface area contributed by atoms with Crippen LogP contribution in [0.15, 0.2) is 48.5 Å². The lowest BCUT2D eigenvalue weighted by atomic mass is 10.1. The number of ether oxygens (including phenoxy) is 1. The molecule has 1 N–H and O–H groups in total. The van der Waals surface area contributed by atoms with E-state index in [1.165, 1.54) is 11.4 Å². The standard InChI is InChI=1S/C25H34ClN3O5S/c1-5-23(25(31)27-6-2)28(18-19-12-14-20(26)15-13-19)24(30)11-8-16-29(35(4,32)33)21-9-7-10-22(17-21)34-3/h7,9-10,12-15,17,23H,5-6,8,11,16,18H2,1-4H3,(H,27,31)/t23-/m0/s1. The second-order valence-corrected chi connectivity index (χ2v) is 10.5. The maximum Gasteiger partial charge on any atom is 0.242 e. The van der Waals surface area contributed by atoms with Crippen LogP contribution in [0.3, 0.4) is 0 Å². The molecule has 0 unspecified atom stereocenters. The van der Waals surface area contributed by atoms with Gasteiger partial charge in [-0.25, -0.2) is 8.42 Å². The highest BCUT2D eigenvalue weighted by atomic mass is 35.5. The van der Waals surface area contributed by atoms with Crippen molar-refractivity contribution in [3.63, 3.8) is 0 Å². The first-order valence-electron chi connectivity index (χ1n) is 11.5. The molecule has 0 fully saturated rings. The number of methoxy groups -OCH3 is 1. The molecule has 1 atom stereocenters. The fourth-order valence-electron chi connectivity index (χ4n) is 3.77. The monoisotopic (exact) mass is 523 g/mol. The summed E-state index contributed by atoms with van der Waals surface area (Å²) in [6.07, 6.45) is 1.94. The molecule has 0 bridgehead atoms. The summed E-state index contributed by atoms with van der Waals surface area (Å²) in [4.78, 5) is 27.6. The van der Waals surface area contributed by atoms with E-state index in [2.05, 4.69) is 5.32 Å². The molecular formula is C25H34ClN3O5S. The molecule has 2 aromatic carbocycles. The molecule has 192 valence electrons. The summed E-state index contributed by atoms with van der Waals surface area (Å²) in [7, 11) is -2.07. The fourth-order valence-corrected chi connectivity index (χ4v) is 4.85. The van der Waals surface area contributed by atoms with E-state index < -0.39 is 16.1 Å². The Kier molecular flexibility index (Phi) is 10.9. The van der Waals surface area contributed by atoms with Crippen LogP contribution in [0.1, 0.15) is 38.7 Å². The second-order valence-electron chi connectivity index (χ2n) is 8.11. The van der Waals surface area contributed by atoms with Crippen LogP contribution < -0.4 is 14.4 Å². The summed E-state index contributed by atoms with van der Waals surface area (Å²) >= 11 is 5.99. The number of carbonyl (C=O) groups excluding carboxylic acids is 2. The first-order chi connectivity index (χ1) is 16.6. The van der Waals surface area contributed by atoms with Crippen LogP contribution >= 0.6 is 11.6 Å². The van der Waals surface area contributed by atoms with E-state index in [4.69, 9.17) is 16.3 Å². The Hall–Kier alpha value is -2.78. The first kappa shape index (κ1) is 28.5. The molecule has 10 heteroatoms. The molecule has 0 saturated carbocycles. The van der Waals surface area contributed by atoms with Gasteiger partial charge in [-0.1, -0.05) is 36.7 Å². The largest absolute Gasteiger partial charge is 0.497 e. The van der Waals surface area contributed by atoms with Crippen molar-refractivity contribution in [1.29, 1.82) is 0 Å². The zero-order valence-corrected chi connectivity index (χ0v) is 22.2. The van der Waals surface area contributed by atoms with Gasteiger partial charge in [0.15, 0.2) is 0 Å². The highest BCUT2D eigenvalue weighted by Gasteiger charge is 2.28. The van der Waals surface area contributed by atoms with Crippen molar-refractivity contribution in [1.82, 2.24) is 10.2 Å². The minimum atomic E-state index is -3.58. The molecular weight excluding hydrogens is 490 g/mol. The van der Waals surface area contributed by atoms with Gasteiger partial charge >= 0.3 is 0 Å². The lowest BCUT2D eigenvalue weighted by Gasteiger charge is -2.31. The van der Waals surface area contributed by atoms with Gasteiger partial charge in [0.1, 0.15) is 11.8 Å². The molecule has 0 aromatic heterocycles. The van der Waals surface area contributed by atoms with E-state index in [-0.39, 0.29) is 37.7 Å². The van der Waals surface area contributed by atoms with Crippen molar-refractivity contribution in [3.8, 4) is 5.75 Å². The maximum absolute atomic E-state index is 13.3. The summed E-state index contributed by atoms with van der Waals surface area (Å²) in [5, 5.41) is 3.38. The molecule has 2 rings (SSSR count). The van der Waals surface area contributed by atoms with E-state index in [0.717, 1.165) is 11.8 Å². The number of sulfonamides is 1. The summed E-state index contributed by atoms with van der Waals surface area (Å²) < 4.78 is 31.4. The van der Waals surface area contributed by atoms with Crippen LogP contribution in [0.2, 0.25) is 5.02 Å². The molecule has 0 aliphatic heterocycles. The third-order valence-electron chi connectivity index (χ3n) is 5.50. The number of hydrogen-bond donors (Lipinski definition) is 1. The lowest BCUT2D eigenvalue weighted by molar-refractivity contribution is -0.141. The van der Waals surface area contributed by atoms with Crippen molar-refractivity contribution in [2.24, 2.45) is 0 Å². The van der Waals surface area contributed by atoms with Gasteiger partial charge < -0.3 is 15.0 Å². The predicted octanol–water partition coefficient (Wildman–Crippen LogP) is 3.84. The summed E-state index contributed by atoms with van der Waals surface area (Å²) in [5.74, 6) is 0.0951. The highest BCUT2D eigenvalue weighted by molar-refractivity contribution is 7.92. The van der Waals surface area contributed by atoms with Crippen molar-refractivity contribution in [3.05, 3.63) is 59.1 Å². The number of benzene rings is 2. The Labute approximate surface area is 213 Å². The predicted molar refractivity (Wildman–Crippen MR) is 139 cm³/mol. The van der Waals surface area contributed by atoms with E-state index in [9.17, 15) is 18.0 Å². The summed E-state index contributed by atoms with van der Waals surface area (Å²) in [5.41, 5.74) is 1.31. The highest BCUT2D eigenvalue weighted by Crippen LogP contribution is 2.24. The zero-order chi connectivity index (χ0) is 26.0. The first-order valence-corrected chi connectivity index (χ1v) is 13.8. The van der Waals surface area contributed by atoms with Gasteiger partial charge in [0.25, 0.3) is 0 Å². The molecule has 0 radical (unpaired) electrons. The average Bonchev–Trinajstić information content (AvgIpc) is 2.82. The van der Waals surface area contributed by atoms with Crippen LogP contribution in [0.4, 0.5) is 5.69 Å². The maximum atomic E-state index is 13.3. The number of amides is 2. The van der Waals surface area contributed by atoms with Crippen LogP contribution in [0.25, 0.3) is 0 Å². The summed E-state index contributed by atoms with van der Waals surface area (Å²) in [6.45, 7) is 4.51. The third-order valence-corrected chi connectivity index (χ3v) is 6.94. The van der Waals surface area contributed by atoms with Crippen LogP contribution in [-0.4, -0.2) is 57.6 Å². The summed E-state index contributed by atoms with van der Waals surface area (Å²) in [6, 6.07) is 13.2. The van der Waals surface area contributed by atoms with Gasteiger partial charge in [-0.2, -0.15) is 0 Å². The van der Waals surface area contributed by atoms with Crippen LogP contribution in [-0.2, 0) is 26.2 Å².